The molecule has 2 aromatic carbocycles. The second-order valence-corrected chi connectivity index (χ2v) is 8.07. The number of aromatic nitrogens is 1. The molecule has 25 heavy (non-hydrogen) atoms. The monoisotopic (exact) mass is 390 g/mol. The number of thiazole rings is 1. The maximum Gasteiger partial charge on any atom is 0.227 e. The van der Waals surface area contributed by atoms with E-state index in [1.807, 2.05) is 29.2 Å². The lowest BCUT2D eigenvalue weighted by Crippen LogP contribution is -2.31. The van der Waals surface area contributed by atoms with E-state index in [9.17, 15) is 4.79 Å². The van der Waals surface area contributed by atoms with Crippen LogP contribution in [-0.2, 0) is 11.2 Å². The van der Waals surface area contributed by atoms with Crippen molar-refractivity contribution in [2.45, 2.75) is 25.3 Å². The van der Waals surface area contributed by atoms with Crippen LogP contribution < -0.4 is 0 Å². The van der Waals surface area contributed by atoms with E-state index in [1.165, 1.54) is 4.70 Å². The smallest absolute Gasteiger partial charge is 0.227 e. The minimum Gasteiger partial charge on any atom is -0.333 e. The molecule has 6 heteroatoms. The minimum absolute atomic E-state index is 0.0765. The van der Waals surface area contributed by atoms with E-state index in [-0.39, 0.29) is 11.9 Å². The second kappa shape index (κ2) is 6.94. The fourth-order valence-corrected chi connectivity index (χ4v) is 4.72. The molecule has 1 atom stereocenters. The number of likely N-dealkylation sites (tertiary alicyclic amines) is 1. The van der Waals surface area contributed by atoms with Crippen LogP contribution in [0.3, 0.4) is 0 Å². The van der Waals surface area contributed by atoms with Crippen LogP contribution in [0.5, 0.6) is 0 Å². The van der Waals surface area contributed by atoms with Gasteiger partial charge in [0.15, 0.2) is 0 Å². The Hall–Kier alpha value is -1.62. The Kier molecular flexibility index (Phi) is 4.67. The van der Waals surface area contributed by atoms with E-state index in [0.717, 1.165) is 35.5 Å². The molecule has 1 aliphatic rings. The Morgan fingerprint density at radius 2 is 2.04 bits per heavy atom. The van der Waals surface area contributed by atoms with Gasteiger partial charge in [-0.3, -0.25) is 4.79 Å². The number of amides is 1. The molecule has 3 aromatic rings. The number of fused-ring (bicyclic) bond motifs is 1. The van der Waals surface area contributed by atoms with Crippen molar-refractivity contribution in [3.05, 3.63) is 63.1 Å². The summed E-state index contributed by atoms with van der Waals surface area (Å²) < 4.78 is 1.17. The first-order valence-electron chi connectivity index (χ1n) is 8.20. The molecule has 4 rings (SSSR count). The largest absolute Gasteiger partial charge is 0.333 e. The van der Waals surface area contributed by atoms with Gasteiger partial charge in [-0.05, 0) is 42.7 Å². The molecular weight excluding hydrogens is 375 g/mol. The molecular formula is C19H16Cl2N2OS. The number of nitrogens with zero attached hydrogens (tertiary/aromatic N) is 2. The van der Waals surface area contributed by atoms with Gasteiger partial charge in [-0.15, -0.1) is 11.3 Å². The molecule has 2 heterocycles. The third kappa shape index (κ3) is 3.39. The lowest BCUT2D eigenvalue weighted by atomic mass is 10.1. The van der Waals surface area contributed by atoms with E-state index in [0.29, 0.717) is 16.5 Å². The number of carbonyl (C=O) groups excluding carboxylic acids is 1. The van der Waals surface area contributed by atoms with Crippen molar-refractivity contribution >= 4 is 50.7 Å². The van der Waals surface area contributed by atoms with Gasteiger partial charge < -0.3 is 4.90 Å². The zero-order valence-electron chi connectivity index (χ0n) is 13.4. The summed E-state index contributed by atoms with van der Waals surface area (Å²) in [4.78, 5) is 19.5. The Balaban J connectivity index is 1.56. The highest BCUT2D eigenvalue weighted by molar-refractivity contribution is 7.18. The molecule has 0 saturated carbocycles. The molecule has 1 aromatic heterocycles. The molecule has 3 nitrogen and oxygen atoms in total. The van der Waals surface area contributed by atoms with Gasteiger partial charge in [-0.1, -0.05) is 41.4 Å². The van der Waals surface area contributed by atoms with Gasteiger partial charge >= 0.3 is 0 Å². The van der Waals surface area contributed by atoms with Crippen LogP contribution in [-0.4, -0.2) is 22.3 Å². The Morgan fingerprint density at radius 1 is 1.20 bits per heavy atom. The van der Waals surface area contributed by atoms with Crippen molar-refractivity contribution < 1.29 is 4.79 Å². The SMILES string of the molecule is O=C(Cc1ccc(Cl)c(Cl)c1)N1CCC[C@H]1c1nc2ccccc2s1. The average Bonchev–Trinajstić information content (AvgIpc) is 3.24. The molecule has 1 saturated heterocycles. The molecule has 0 N–H and O–H groups in total. The first-order chi connectivity index (χ1) is 12.1. The van der Waals surface area contributed by atoms with Gasteiger partial charge in [-0.2, -0.15) is 0 Å². The summed E-state index contributed by atoms with van der Waals surface area (Å²) in [6.45, 7) is 0.779. The van der Waals surface area contributed by atoms with Gasteiger partial charge in [-0.25, -0.2) is 4.98 Å². The van der Waals surface area contributed by atoms with Crippen LogP contribution in [0.2, 0.25) is 10.0 Å². The summed E-state index contributed by atoms with van der Waals surface area (Å²) in [5, 5.41) is 2.02. The highest BCUT2D eigenvalue weighted by Crippen LogP contribution is 2.36. The van der Waals surface area contributed by atoms with E-state index in [4.69, 9.17) is 28.2 Å². The third-order valence-electron chi connectivity index (χ3n) is 4.51. The quantitative estimate of drug-likeness (QED) is 0.590. The normalized spacial score (nSPS) is 17.4. The molecule has 0 radical (unpaired) electrons. The minimum atomic E-state index is 0.0765. The molecule has 1 fully saturated rings. The predicted molar refractivity (Wildman–Crippen MR) is 103 cm³/mol. The van der Waals surface area contributed by atoms with E-state index >= 15 is 0 Å². The number of hydrogen-bond acceptors (Lipinski definition) is 3. The summed E-state index contributed by atoms with van der Waals surface area (Å²) in [5.74, 6) is 0.111. The highest BCUT2D eigenvalue weighted by atomic mass is 35.5. The van der Waals surface area contributed by atoms with Crippen LogP contribution in [0.1, 0.15) is 29.5 Å². The summed E-state index contributed by atoms with van der Waals surface area (Å²) >= 11 is 13.7. The van der Waals surface area contributed by atoms with E-state index < -0.39 is 0 Å². The number of rotatable bonds is 3. The highest BCUT2D eigenvalue weighted by Gasteiger charge is 2.32. The van der Waals surface area contributed by atoms with Crippen LogP contribution in [0, 0.1) is 0 Å². The van der Waals surface area contributed by atoms with Crippen molar-refractivity contribution in [2.75, 3.05) is 6.54 Å². The lowest BCUT2D eigenvalue weighted by molar-refractivity contribution is -0.131. The average molecular weight is 391 g/mol. The molecule has 128 valence electrons. The zero-order chi connectivity index (χ0) is 17.4. The Bertz CT molecular complexity index is 907. The zero-order valence-corrected chi connectivity index (χ0v) is 15.7. The summed E-state index contributed by atoms with van der Waals surface area (Å²) in [6, 6.07) is 13.5. The molecule has 1 aliphatic heterocycles. The topological polar surface area (TPSA) is 33.2 Å². The summed E-state index contributed by atoms with van der Waals surface area (Å²) in [7, 11) is 0. The van der Waals surface area contributed by atoms with Gasteiger partial charge in [0, 0.05) is 6.54 Å². The van der Waals surface area contributed by atoms with Crippen LogP contribution in [0.15, 0.2) is 42.5 Å². The number of benzene rings is 2. The Morgan fingerprint density at radius 3 is 2.84 bits per heavy atom. The van der Waals surface area contributed by atoms with Gasteiger partial charge in [0.05, 0.1) is 32.7 Å². The lowest BCUT2D eigenvalue weighted by Gasteiger charge is -2.23. The number of carbonyl (C=O) groups is 1. The molecule has 1 amide bonds. The second-order valence-electron chi connectivity index (χ2n) is 6.19. The first-order valence-corrected chi connectivity index (χ1v) is 9.78. The molecule has 0 aliphatic carbocycles. The van der Waals surface area contributed by atoms with Crippen molar-refractivity contribution in [3.8, 4) is 0 Å². The maximum atomic E-state index is 12.8. The molecule has 0 unspecified atom stereocenters. The fourth-order valence-electron chi connectivity index (χ4n) is 3.28. The van der Waals surface area contributed by atoms with Crippen molar-refractivity contribution in [2.24, 2.45) is 0 Å². The fraction of sp³-hybridized carbons (Fsp3) is 0.263. The maximum absolute atomic E-state index is 12.8. The molecule has 0 bridgehead atoms. The van der Waals surface area contributed by atoms with Gasteiger partial charge in [0.25, 0.3) is 0 Å². The van der Waals surface area contributed by atoms with Crippen LogP contribution >= 0.6 is 34.5 Å². The van der Waals surface area contributed by atoms with Gasteiger partial charge in [0.2, 0.25) is 5.91 Å². The number of para-hydroxylation sites is 1. The summed E-state index contributed by atoms with van der Waals surface area (Å²) in [5.41, 5.74) is 1.89. The first kappa shape index (κ1) is 16.8. The molecule has 0 spiro atoms. The van der Waals surface area contributed by atoms with E-state index in [2.05, 4.69) is 6.07 Å². The Labute approximate surface area is 160 Å². The number of hydrogen-bond donors (Lipinski definition) is 0. The number of halogens is 2. The third-order valence-corrected chi connectivity index (χ3v) is 6.38. The van der Waals surface area contributed by atoms with Crippen molar-refractivity contribution in [1.29, 1.82) is 0 Å². The van der Waals surface area contributed by atoms with Crippen LogP contribution in [0.4, 0.5) is 0 Å². The predicted octanol–water partition coefficient (Wildman–Crippen LogP) is 5.51. The van der Waals surface area contributed by atoms with Crippen LogP contribution in [0.25, 0.3) is 10.2 Å². The van der Waals surface area contributed by atoms with Crippen molar-refractivity contribution in [3.63, 3.8) is 0 Å². The van der Waals surface area contributed by atoms with Crippen molar-refractivity contribution in [1.82, 2.24) is 9.88 Å². The van der Waals surface area contributed by atoms with Gasteiger partial charge in [0.1, 0.15) is 5.01 Å². The standard InChI is InChI=1S/C19H16Cl2N2OS/c20-13-8-7-12(10-14(13)21)11-18(24)23-9-3-5-16(23)19-22-15-4-1-2-6-17(15)25-19/h1-2,4,6-8,10,16H,3,5,9,11H2/t16-/m0/s1. The van der Waals surface area contributed by atoms with E-state index in [1.54, 1.807) is 23.5 Å². The summed E-state index contributed by atoms with van der Waals surface area (Å²) in [6.07, 6.45) is 2.30.